The first-order chi connectivity index (χ1) is 8.29. The summed E-state index contributed by atoms with van der Waals surface area (Å²) < 4.78 is 5.25. The third kappa shape index (κ3) is 4.94. The molecular formula is C13H23NO4. The van der Waals surface area contributed by atoms with Crippen LogP contribution in [0, 0.1) is 11.3 Å². The first kappa shape index (κ1) is 14.8. The molecule has 0 aliphatic carbocycles. The Morgan fingerprint density at radius 2 is 1.83 bits per heavy atom. The second-order valence-electron chi connectivity index (χ2n) is 6.02. The van der Waals surface area contributed by atoms with Gasteiger partial charge < -0.3 is 14.7 Å². The number of likely N-dealkylation sites (tertiary alicyclic amines) is 1. The zero-order valence-electron chi connectivity index (χ0n) is 11.4. The van der Waals surface area contributed by atoms with Crippen LogP contribution in [0.1, 0.15) is 40.0 Å². The molecule has 0 radical (unpaired) electrons. The number of amides is 1. The van der Waals surface area contributed by atoms with E-state index in [9.17, 15) is 9.59 Å². The summed E-state index contributed by atoms with van der Waals surface area (Å²) in [5.41, 5.74) is 0.160. The molecule has 0 saturated carbocycles. The topological polar surface area (TPSA) is 66.8 Å². The van der Waals surface area contributed by atoms with Gasteiger partial charge in [0.25, 0.3) is 0 Å². The number of rotatable bonds is 3. The third-order valence-corrected chi connectivity index (χ3v) is 3.20. The van der Waals surface area contributed by atoms with Gasteiger partial charge in [0.05, 0.1) is 12.5 Å². The number of carbonyl (C=O) groups is 2. The molecule has 1 aliphatic rings. The van der Waals surface area contributed by atoms with Crippen molar-refractivity contribution in [3.8, 4) is 0 Å². The summed E-state index contributed by atoms with van der Waals surface area (Å²) in [6.07, 6.45) is 1.07. The summed E-state index contributed by atoms with van der Waals surface area (Å²) in [7, 11) is 0. The predicted molar refractivity (Wildman–Crippen MR) is 67.4 cm³/mol. The third-order valence-electron chi connectivity index (χ3n) is 3.20. The van der Waals surface area contributed by atoms with Gasteiger partial charge in [-0.15, -0.1) is 0 Å². The maximum atomic E-state index is 11.8. The Morgan fingerprint density at radius 3 is 2.28 bits per heavy atom. The first-order valence-corrected chi connectivity index (χ1v) is 6.44. The quantitative estimate of drug-likeness (QED) is 0.788. The average Bonchev–Trinajstić information content (AvgIpc) is 2.27. The fourth-order valence-corrected chi connectivity index (χ4v) is 1.88. The van der Waals surface area contributed by atoms with E-state index in [1.54, 1.807) is 0 Å². The Morgan fingerprint density at radius 1 is 1.28 bits per heavy atom. The van der Waals surface area contributed by atoms with E-state index in [2.05, 4.69) is 20.8 Å². The zero-order valence-corrected chi connectivity index (χ0v) is 11.4. The smallest absolute Gasteiger partial charge is 0.407 e. The molecule has 0 unspecified atom stereocenters. The molecule has 0 aromatic carbocycles. The lowest BCUT2D eigenvalue weighted by Crippen LogP contribution is -2.39. The van der Waals surface area contributed by atoms with Crippen molar-refractivity contribution < 1.29 is 19.4 Å². The minimum atomic E-state index is -0.908. The van der Waals surface area contributed by atoms with Gasteiger partial charge in [-0.2, -0.15) is 0 Å². The Labute approximate surface area is 108 Å². The van der Waals surface area contributed by atoms with Crippen LogP contribution in [0.4, 0.5) is 4.79 Å². The number of piperidine rings is 1. The van der Waals surface area contributed by atoms with Gasteiger partial charge in [0.1, 0.15) is 0 Å². The number of hydrogen-bond donors (Lipinski definition) is 1. The number of esters is 1. The summed E-state index contributed by atoms with van der Waals surface area (Å²) >= 11 is 0. The number of carbonyl (C=O) groups excluding carboxylic acids is 1. The van der Waals surface area contributed by atoms with Crippen LogP contribution in [0.15, 0.2) is 0 Å². The highest BCUT2D eigenvalue weighted by Crippen LogP contribution is 2.21. The maximum absolute atomic E-state index is 11.8. The van der Waals surface area contributed by atoms with Gasteiger partial charge in [-0.05, 0) is 24.7 Å². The minimum absolute atomic E-state index is 0.138. The molecule has 1 rings (SSSR count). The number of nitrogens with zero attached hydrogens (tertiary/aromatic N) is 1. The van der Waals surface area contributed by atoms with E-state index in [4.69, 9.17) is 9.84 Å². The van der Waals surface area contributed by atoms with Crippen molar-refractivity contribution in [2.75, 3.05) is 19.7 Å². The van der Waals surface area contributed by atoms with E-state index in [0.717, 1.165) is 6.42 Å². The molecule has 1 N–H and O–H groups in total. The molecule has 0 bridgehead atoms. The van der Waals surface area contributed by atoms with E-state index in [1.807, 2.05) is 0 Å². The van der Waals surface area contributed by atoms with Crippen molar-refractivity contribution in [1.82, 2.24) is 4.90 Å². The highest BCUT2D eigenvalue weighted by atomic mass is 16.5. The second kappa shape index (κ2) is 6.07. The van der Waals surface area contributed by atoms with Crippen molar-refractivity contribution in [3.63, 3.8) is 0 Å². The van der Waals surface area contributed by atoms with Crippen LogP contribution >= 0.6 is 0 Å². The van der Waals surface area contributed by atoms with Gasteiger partial charge in [0.15, 0.2) is 0 Å². The standard InChI is InChI=1S/C13H23NO4/c1-13(2,3)6-9-18-11(15)10-4-7-14(8-5-10)12(16)17/h10H,4-9H2,1-3H3,(H,16,17). The Balaban J connectivity index is 2.26. The molecular weight excluding hydrogens is 234 g/mol. The lowest BCUT2D eigenvalue weighted by atomic mass is 9.93. The van der Waals surface area contributed by atoms with Crippen LogP contribution in [0.25, 0.3) is 0 Å². The number of carboxylic acid groups (broad SMARTS) is 1. The Bertz CT molecular complexity index is 301. The van der Waals surface area contributed by atoms with E-state index in [1.165, 1.54) is 4.90 Å². The van der Waals surface area contributed by atoms with Crippen molar-refractivity contribution in [1.29, 1.82) is 0 Å². The monoisotopic (exact) mass is 257 g/mol. The fraction of sp³-hybridized carbons (Fsp3) is 0.846. The van der Waals surface area contributed by atoms with Crippen molar-refractivity contribution in [2.24, 2.45) is 11.3 Å². The lowest BCUT2D eigenvalue weighted by molar-refractivity contribution is -0.150. The summed E-state index contributed by atoms with van der Waals surface area (Å²) in [5, 5.41) is 8.80. The van der Waals surface area contributed by atoms with Crippen LogP contribution in [-0.4, -0.2) is 41.8 Å². The van der Waals surface area contributed by atoms with Gasteiger partial charge in [0, 0.05) is 13.1 Å². The highest BCUT2D eigenvalue weighted by Gasteiger charge is 2.28. The van der Waals surface area contributed by atoms with Crippen LogP contribution in [0.5, 0.6) is 0 Å². The molecule has 1 fully saturated rings. The molecule has 1 amide bonds. The Kier molecular flexibility index (Phi) is 4.99. The SMILES string of the molecule is CC(C)(C)CCOC(=O)C1CCN(C(=O)O)CC1. The molecule has 1 heterocycles. The number of ether oxygens (including phenoxy) is 1. The van der Waals surface area contributed by atoms with E-state index >= 15 is 0 Å². The zero-order chi connectivity index (χ0) is 13.8. The van der Waals surface area contributed by atoms with Crippen LogP contribution in [0.3, 0.4) is 0 Å². The number of hydrogen-bond acceptors (Lipinski definition) is 3. The lowest BCUT2D eigenvalue weighted by Gasteiger charge is -2.29. The predicted octanol–water partition coefficient (Wildman–Crippen LogP) is 2.36. The summed E-state index contributed by atoms with van der Waals surface area (Å²) in [4.78, 5) is 23.8. The minimum Gasteiger partial charge on any atom is -0.465 e. The molecule has 18 heavy (non-hydrogen) atoms. The summed E-state index contributed by atoms with van der Waals surface area (Å²) in [6, 6.07) is 0. The van der Waals surface area contributed by atoms with Gasteiger partial charge in [-0.25, -0.2) is 4.79 Å². The van der Waals surface area contributed by atoms with Crippen molar-refractivity contribution >= 4 is 12.1 Å². The molecule has 104 valence electrons. The van der Waals surface area contributed by atoms with Crippen molar-refractivity contribution in [3.05, 3.63) is 0 Å². The molecule has 0 aromatic heterocycles. The molecule has 0 atom stereocenters. The van der Waals surface area contributed by atoms with Crippen LogP contribution in [0.2, 0.25) is 0 Å². The largest absolute Gasteiger partial charge is 0.465 e. The summed E-state index contributed by atoms with van der Waals surface area (Å²) in [5.74, 6) is -0.315. The highest BCUT2D eigenvalue weighted by molar-refractivity contribution is 5.73. The summed E-state index contributed by atoms with van der Waals surface area (Å²) in [6.45, 7) is 7.61. The Hall–Kier alpha value is -1.26. The average molecular weight is 257 g/mol. The fourth-order valence-electron chi connectivity index (χ4n) is 1.88. The van der Waals surface area contributed by atoms with Crippen molar-refractivity contribution in [2.45, 2.75) is 40.0 Å². The molecule has 5 nitrogen and oxygen atoms in total. The van der Waals surface area contributed by atoms with E-state index < -0.39 is 6.09 Å². The molecule has 1 aliphatic heterocycles. The molecule has 0 spiro atoms. The van der Waals surface area contributed by atoms with Crippen LogP contribution < -0.4 is 0 Å². The van der Waals surface area contributed by atoms with E-state index in [-0.39, 0.29) is 17.3 Å². The first-order valence-electron chi connectivity index (χ1n) is 6.44. The van der Waals surface area contributed by atoms with Gasteiger partial charge in [-0.1, -0.05) is 20.8 Å². The van der Waals surface area contributed by atoms with Gasteiger partial charge >= 0.3 is 12.1 Å². The van der Waals surface area contributed by atoms with Crippen LogP contribution in [-0.2, 0) is 9.53 Å². The second-order valence-corrected chi connectivity index (χ2v) is 6.02. The molecule has 0 aromatic rings. The molecule has 1 saturated heterocycles. The van der Waals surface area contributed by atoms with Gasteiger partial charge in [-0.3, -0.25) is 4.79 Å². The van der Waals surface area contributed by atoms with Gasteiger partial charge in [0.2, 0.25) is 0 Å². The normalized spacial score (nSPS) is 17.6. The van der Waals surface area contributed by atoms with E-state index in [0.29, 0.717) is 32.5 Å². The molecule has 5 heteroatoms. The maximum Gasteiger partial charge on any atom is 0.407 e.